The van der Waals surface area contributed by atoms with Crippen LogP contribution in [0.5, 0.6) is 0 Å². The molecule has 0 heterocycles. The fourth-order valence-electron chi connectivity index (χ4n) is 0.923. The first-order valence-electron chi connectivity index (χ1n) is 3.85. The van der Waals surface area contributed by atoms with E-state index < -0.39 is 6.10 Å². The molecule has 0 aromatic heterocycles. The van der Waals surface area contributed by atoms with Crippen molar-refractivity contribution in [3.05, 3.63) is 11.6 Å². The van der Waals surface area contributed by atoms with E-state index in [9.17, 15) is 5.11 Å². The Morgan fingerprint density at radius 2 is 1.91 bits per heavy atom. The van der Waals surface area contributed by atoms with Gasteiger partial charge < -0.3 is 10.2 Å². The predicted molar refractivity (Wildman–Crippen MR) is 46.3 cm³/mol. The van der Waals surface area contributed by atoms with Crippen molar-refractivity contribution in [2.24, 2.45) is 5.41 Å². The lowest BCUT2D eigenvalue weighted by molar-refractivity contribution is 0.121. The molecule has 1 atom stereocenters. The van der Waals surface area contributed by atoms with Crippen molar-refractivity contribution in [2.75, 3.05) is 6.61 Å². The predicted octanol–water partition coefficient (Wildman–Crippen LogP) is 1.33. The van der Waals surface area contributed by atoms with Crippen LogP contribution < -0.4 is 0 Å². The van der Waals surface area contributed by atoms with Crippen molar-refractivity contribution in [2.45, 2.75) is 33.8 Å². The lowest BCUT2D eigenvalue weighted by Gasteiger charge is -2.16. The van der Waals surface area contributed by atoms with E-state index in [0.29, 0.717) is 0 Å². The number of hydrogen-bond donors (Lipinski definition) is 2. The molecule has 0 aromatic rings. The van der Waals surface area contributed by atoms with E-state index in [-0.39, 0.29) is 12.0 Å². The zero-order valence-electron chi connectivity index (χ0n) is 7.76. The minimum Gasteiger partial charge on any atom is -0.393 e. The second-order valence-corrected chi connectivity index (χ2v) is 3.95. The molecule has 0 radical (unpaired) electrons. The highest BCUT2D eigenvalue weighted by molar-refractivity contribution is 5.08. The molecule has 0 aromatic carbocycles. The highest BCUT2D eigenvalue weighted by Gasteiger charge is 2.10. The summed E-state index contributed by atoms with van der Waals surface area (Å²) in [5.41, 5.74) is 0.903. The summed E-state index contributed by atoms with van der Waals surface area (Å²) in [5, 5.41) is 17.8. The van der Waals surface area contributed by atoms with Gasteiger partial charge in [-0.1, -0.05) is 26.8 Å². The molecule has 0 spiro atoms. The van der Waals surface area contributed by atoms with Crippen LogP contribution in [0.25, 0.3) is 0 Å². The molecular formula is C9H18O2. The van der Waals surface area contributed by atoms with E-state index in [1.54, 1.807) is 0 Å². The van der Waals surface area contributed by atoms with Gasteiger partial charge in [0.1, 0.15) is 0 Å². The Morgan fingerprint density at radius 1 is 1.45 bits per heavy atom. The molecular weight excluding hydrogens is 140 g/mol. The van der Waals surface area contributed by atoms with Gasteiger partial charge in [-0.3, -0.25) is 0 Å². The van der Waals surface area contributed by atoms with E-state index in [2.05, 4.69) is 20.8 Å². The summed E-state index contributed by atoms with van der Waals surface area (Å²) in [6.45, 7) is 7.80. The average molecular weight is 158 g/mol. The first-order valence-corrected chi connectivity index (χ1v) is 3.85. The van der Waals surface area contributed by atoms with Crippen LogP contribution in [-0.2, 0) is 0 Å². The number of aliphatic hydroxyl groups is 2. The maximum atomic E-state index is 9.17. The summed E-state index contributed by atoms with van der Waals surface area (Å²) in [6, 6.07) is 0. The summed E-state index contributed by atoms with van der Waals surface area (Å²) in [6.07, 6.45) is 1.27. The van der Waals surface area contributed by atoms with Crippen LogP contribution in [0.4, 0.5) is 0 Å². The summed E-state index contributed by atoms with van der Waals surface area (Å²) < 4.78 is 0. The van der Waals surface area contributed by atoms with Crippen LogP contribution in [0, 0.1) is 5.41 Å². The van der Waals surface area contributed by atoms with E-state index in [4.69, 9.17) is 5.11 Å². The molecule has 0 fully saturated rings. The van der Waals surface area contributed by atoms with Crippen molar-refractivity contribution in [3.8, 4) is 0 Å². The van der Waals surface area contributed by atoms with Crippen molar-refractivity contribution in [3.63, 3.8) is 0 Å². The Labute approximate surface area is 68.6 Å². The lowest BCUT2D eigenvalue weighted by Crippen LogP contribution is -2.15. The third-order valence-electron chi connectivity index (χ3n) is 1.36. The third kappa shape index (κ3) is 4.99. The molecule has 0 saturated carbocycles. The maximum absolute atomic E-state index is 9.17. The summed E-state index contributed by atoms with van der Waals surface area (Å²) in [5.74, 6) is 0. The van der Waals surface area contributed by atoms with Gasteiger partial charge in [-0.2, -0.15) is 0 Å². The van der Waals surface area contributed by atoms with Crippen molar-refractivity contribution < 1.29 is 10.2 Å². The average Bonchev–Trinajstić information content (AvgIpc) is 1.82. The minimum atomic E-state index is -0.700. The Morgan fingerprint density at radius 3 is 2.18 bits per heavy atom. The van der Waals surface area contributed by atoms with Gasteiger partial charge in [0.15, 0.2) is 0 Å². The van der Waals surface area contributed by atoms with Crippen LogP contribution in [0.2, 0.25) is 0 Å². The molecule has 0 aliphatic carbocycles. The number of rotatable bonds is 2. The van der Waals surface area contributed by atoms with Gasteiger partial charge in [-0.15, -0.1) is 0 Å². The smallest absolute Gasteiger partial charge is 0.0978 e. The first kappa shape index (κ1) is 10.7. The summed E-state index contributed by atoms with van der Waals surface area (Å²) in [4.78, 5) is 0. The molecule has 0 aliphatic rings. The number of hydrogen-bond acceptors (Lipinski definition) is 2. The molecule has 2 heteroatoms. The highest BCUT2D eigenvalue weighted by atomic mass is 16.3. The maximum Gasteiger partial charge on any atom is 0.0978 e. The summed E-state index contributed by atoms with van der Waals surface area (Å²) >= 11 is 0. The lowest BCUT2D eigenvalue weighted by atomic mass is 9.92. The monoisotopic (exact) mass is 158 g/mol. The van der Waals surface area contributed by atoms with Crippen LogP contribution in [0.3, 0.4) is 0 Å². The van der Waals surface area contributed by atoms with Gasteiger partial charge in [-0.05, 0) is 17.9 Å². The molecule has 66 valence electrons. The van der Waals surface area contributed by atoms with E-state index in [0.717, 1.165) is 5.57 Å². The quantitative estimate of drug-likeness (QED) is 0.595. The summed E-state index contributed by atoms with van der Waals surface area (Å²) in [7, 11) is 0. The topological polar surface area (TPSA) is 40.5 Å². The van der Waals surface area contributed by atoms with Crippen LogP contribution >= 0.6 is 0 Å². The van der Waals surface area contributed by atoms with E-state index in [1.165, 1.54) is 0 Å². The van der Waals surface area contributed by atoms with Crippen LogP contribution in [0.1, 0.15) is 27.7 Å². The molecule has 11 heavy (non-hydrogen) atoms. The molecule has 1 unspecified atom stereocenters. The number of allylic oxidation sites excluding steroid dienone is 1. The Balaban J connectivity index is 4.22. The van der Waals surface area contributed by atoms with Gasteiger partial charge in [0, 0.05) is 0 Å². The van der Waals surface area contributed by atoms with Gasteiger partial charge in [0.25, 0.3) is 0 Å². The molecule has 2 nitrogen and oxygen atoms in total. The van der Waals surface area contributed by atoms with Crippen molar-refractivity contribution in [1.82, 2.24) is 0 Å². The second-order valence-electron chi connectivity index (χ2n) is 3.95. The van der Waals surface area contributed by atoms with Gasteiger partial charge >= 0.3 is 0 Å². The fraction of sp³-hybridized carbons (Fsp3) is 0.778. The second kappa shape index (κ2) is 3.88. The largest absolute Gasteiger partial charge is 0.393 e. The molecule has 0 amide bonds. The van der Waals surface area contributed by atoms with Gasteiger partial charge in [0.05, 0.1) is 12.7 Å². The first-order chi connectivity index (χ1) is 4.87. The van der Waals surface area contributed by atoms with Crippen molar-refractivity contribution >= 4 is 0 Å². The Bertz CT molecular complexity index is 142. The number of aliphatic hydroxyl groups excluding tert-OH is 2. The Kier molecular flexibility index (Phi) is 3.76. The van der Waals surface area contributed by atoms with Gasteiger partial charge in [-0.25, -0.2) is 0 Å². The van der Waals surface area contributed by atoms with E-state index in [1.807, 2.05) is 13.0 Å². The molecule has 0 saturated heterocycles. The zero-order chi connectivity index (χ0) is 9.07. The standard InChI is InChI=1S/C9H18O2/c1-7(8(11)6-10)5-9(2,3)4/h5,8,10-11H,6H2,1-4H3/b7-5+. The van der Waals surface area contributed by atoms with Crippen LogP contribution in [-0.4, -0.2) is 22.9 Å². The highest BCUT2D eigenvalue weighted by Crippen LogP contribution is 2.18. The molecule has 0 aliphatic heterocycles. The minimum absolute atomic E-state index is 0.0697. The molecule has 0 rings (SSSR count). The Hall–Kier alpha value is -0.340. The van der Waals surface area contributed by atoms with E-state index >= 15 is 0 Å². The zero-order valence-corrected chi connectivity index (χ0v) is 7.76. The normalized spacial score (nSPS) is 16.7. The van der Waals surface area contributed by atoms with Crippen molar-refractivity contribution in [1.29, 1.82) is 0 Å². The fourth-order valence-corrected chi connectivity index (χ4v) is 0.923. The third-order valence-corrected chi connectivity index (χ3v) is 1.36. The van der Waals surface area contributed by atoms with Gasteiger partial charge in [0.2, 0.25) is 0 Å². The SMILES string of the molecule is C/C(=C\C(C)(C)C)C(O)CO. The molecule has 0 bridgehead atoms. The van der Waals surface area contributed by atoms with Crippen LogP contribution in [0.15, 0.2) is 11.6 Å². The molecule has 2 N–H and O–H groups in total.